The molecular formula is C24H15BrCl2O4. The summed E-state index contributed by atoms with van der Waals surface area (Å²) in [5.74, 6) is -0.101. The minimum Gasteiger partial charge on any atom is -0.478 e. The van der Waals surface area contributed by atoms with Crippen LogP contribution in [0.5, 0.6) is 5.75 Å². The highest BCUT2D eigenvalue weighted by molar-refractivity contribution is 9.10. The molecule has 31 heavy (non-hydrogen) atoms. The number of aryl methyl sites for hydroxylation is 1. The summed E-state index contributed by atoms with van der Waals surface area (Å²) in [7, 11) is 0. The highest BCUT2D eigenvalue weighted by Gasteiger charge is 2.20. The van der Waals surface area contributed by atoms with Gasteiger partial charge in [-0.2, -0.15) is 0 Å². The first-order valence-electron chi connectivity index (χ1n) is 9.28. The lowest BCUT2D eigenvalue weighted by molar-refractivity contribution is 0.0920. The van der Waals surface area contributed by atoms with Crippen LogP contribution in [0.25, 0.3) is 22.3 Å². The molecule has 0 N–H and O–H groups in total. The molecular weight excluding hydrogens is 503 g/mol. The molecule has 1 aromatic heterocycles. The van der Waals surface area contributed by atoms with Crippen LogP contribution in [-0.4, -0.2) is 12.4 Å². The maximum atomic E-state index is 13.3. The second-order valence-corrected chi connectivity index (χ2v) is 8.67. The van der Waals surface area contributed by atoms with Crippen LogP contribution in [0, 0.1) is 6.92 Å². The van der Waals surface area contributed by atoms with Gasteiger partial charge in [0.2, 0.25) is 11.2 Å². The minimum atomic E-state index is -0.406. The molecule has 0 atom stereocenters. The number of ether oxygens (including phenoxy) is 1. The van der Waals surface area contributed by atoms with Gasteiger partial charge in [-0.25, -0.2) is 0 Å². The topological polar surface area (TPSA) is 56.5 Å². The van der Waals surface area contributed by atoms with Gasteiger partial charge < -0.3 is 9.15 Å². The third-order valence-electron chi connectivity index (χ3n) is 4.75. The zero-order valence-corrected chi connectivity index (χ0v) is 19.3. The molecule has 156 valence electrons. The Labute approximate surface area is 196 Å². The van der Waals surface area contributed by atoms with Gasteiger partial charge in [0.25, 0.3) is 0 Å². The lowest BCUT2D eigenvalue weighted by atomic mass is 10.1. The van der Waals surface area contributed by atoms with Gasteiger partial charge in [0.05, 0.1) is 5.39 Å². The van der Waals surface area contributed by atoms with E-state index in [-0.39, 0.29) is 29.3 Å². The first-order valence-corrected chi connectivity index (χ1v) is 10.8. The summed E-state index contributed by atoms with van der Waals surface area (Å²) in [5, 5.41) is 1.26. The van der Waals surface area contributed by atoms with E-state index < -0.39 is 5.43 Å². The number of fused-ring (bicyclic) bond motifs is 1. The number of hydrogen-bond acceptors (Lipinski definition) is 4. The van der Waals surface area contributed by atoms with E-state index in [0.29, 0.717) is 26.8 Å². The fourth-order valence-electron chi connectivity index (χ4n) is 3.08. The Morgan fingerprint density at radius 2 is 1.71 bits per heavy atom. The average Bonchev–Trinajstić information content (AvgIpc) is 2.75. The first-order chi connectivity index (χ1) is 14.8. The molecule has 0 aliphatic rings. The Morgan fingerprint density at radius 3 is 2.39 bits per heavy atom. The Morgan fingerprint density at radius 1 is 1.03 bits per heavy atom. The van der Waals surface area contributed by atoms with Crippen LogP contribution < -0.4 is 10.2 Å². The number of rotatable bonds is 5. The van der Waals surface area contributed by atoms with E-state index in [9.17, 15) is 9.59 Å². The molecule has 4 aromatic rings. The van der Waals surface area contributed by atoms with Gasteiger partial charge in [-0.3, -0.25) is 9.59 Å². The Balaban J connectivity index is 1.80. The van der Waals surface area contributed by atoms with Crippen molar-refractivity contribution in [1.82, 2.24) is 0 Å². The number of carbonyl (C=O) groups is 1. The second kappa shape index (κ2) is 8.87. The number of hydrogen-bond donors (Lipinski definition) is 0. The number of ketones is 1. The average molecular weight is 518 g/mol. The van der Waals surface area contributed by atoms with Crippen LogP contribution in [0.3, 0.4) is 0 Å². The Kier molecular flexibility index (Phi) is 6.19. The van der Waals surface area contributed by atoms with Crippen molar-refractivity contribution < 1.29 is 13.9 Å². The zero-order chi connectivity index (χ0) is 22.1. The molecule has 0 spiro atoms. The highest BCUT2D eigenvalue weighted by Crippen LogP contribution is 2.33. The monoisotopic (exact) mass is 516 g/mol. The summed E-state index contributed by atoms with van der Waals surface area (Å²) in [5.41, 5.74) is 1.82. The van der Waals surface area contributed by atoms with Crippen molar-refractivity contribution in [1.29, 1.82) is 0 Å². The largest absolute Gasteiger partial charge is 0.478 e. The van der Waals surface area contributed by atoms with Crippen molar-refractivity contribution in [3.05, 3.63) is 96.5 Å². The maximum absolute atomic E-state index is 13.3. The molecule has 0 aliphatic carbocycles. The Hall–Kier alpha value is -2.60. The van der Waals surface area contributed by atoms with Crippen molar-refractivity contribution in [3.63, 3.8) is 0 Å². The number of halogens is 3. The summed E-state index contributed by atoms with van der Waals surface area (Å²) >= 11 is 15.5. The van der Waals surface area contributed by atoms with E-state index >= 15 is 0 Å². The molecule has 1 heterocycles. The standard InChI is InChI=1S/C24H15BrCl2O4/c1-13-10-21-18(11-19(13)27)22(29)24(23(31-21)15-4-8-17(26)9-5-15)30-12-20(28)14-2-6-16(25)7-3-14/h2-11H,12H2,1H3. The van der Waals surface area contributed by atoms with Crippen LogP contribution in [0.1, 0.15) is 15.9 Å². The minimum absolute atomic E-state index is 0.0554. The quantitative estimate of drug-likeness (QED) is 0.265. The van der Waals surface area contributed by atoms with Crippen molar-refractivity contribution in [3.8, 4) is 17.1 Å². The van der Waals surface area contributed by atoms with E-state index in [0.717, 1.165) is 10.0 Å². The predicted octanol–water partition coefficient (Wildman–Crippen LogP) is 7.10. The van der Waals surface area contributed by atoms with E-state index in [1.165, 1.54) is 0 Å². The van der Waals surface area contributed by atoms with Crippen LogP contribution >= 0.6 is 39.1 Å². The van der Waals surface area contributed by atoms with Crippen molar-refractivity contribution in [2.45, 2.75) is 6.92 Å². The van der Waals surface area contributed by atoms with E-state index in [2.05, 4.69) is 15.9 Å². The maximum Gasteiger partial charge on any atom is 0.235 e. The first kappa shape index (κ1) is 21.6. The van der Waals surface area contributed by atoms with Crippen LogP contribution in [0.4, 0.5) is 0 Å². The second-order valence-electron chi connectivity index (χ2n) is 6.91. The van der Waals surface area contributed by atoms with Crippen LogP contribution in [0.15, 0.2) is 74.3 Å². The molecule has 3 aromatic carbocycles. The van der Waals surface area contributed by atoms with Gasteiger partial charge in [-0.15, -0.1) is 0 Å². The fourth-order valence-corrected chi connectivity index (χ4v) is 3.63. The van der Waals surface area contributed by atoms with Gasteiger partial charge in [0.1, 0.15) is 5.58 Å². The van der Waals surface area contributed by atoms with Crippen molar-refractivity contribution in [2.75, 3.05) is 6.61 Å². The SMILES string of the molecule is Cc1cc2oc(-c3ccc(Cl)cc3)c(OCC(=O)c3ccc(Br)cc3)c(=O)c2cc1Cl. The summed E-state index contributed by atoms with van der Waals surface area (Å²) in [4.78, 5) is 25.8. The van der Waals surface area contributed by atoms with Gasteiger partial charge in [-0.1, -0.05) is 51.3 Å². The third-order valence-corrected chi connectivity index (χ3v) is 5.94. The fraction of sp³-hybridized carbons (Fsp3) is 0.0833. The summed E-state index contributed by atoms with van der Waals surface area (Å²) in [6, 6.07) is 17.0. The lowest BCUT2D eigenvalue weighted by Crippen LogP contribution is -2.17. The number of Topliss-reactive ketones (excluding diaryl/α,β-unsaturated/α-hetero) is 1. The summed E-state index contributed by atoms with van der Waals surface area (Å²) in [6.45, 7) is 1.50. The van der Waals surface area contributed by atoms with Crippen molar-refractivity contribution in [2.24, 2.45) is 0 Å². The molecule has 0 bridgehead atoms. The Bertz CT molecular complexity index is 1340. The zero-order valence-electron chi connectivity index (χ0n) is 16.2. The summed E-state index contributed by atoms with van der Waals surface area (Å²) in [6.07, 6.45) is 0. The smallest absolute Gasteiger partial charge is 0.235 e. The normalized spacial score (nSPS) is 11.0. The lowest BCUT2D eigenvalue weighted by Gasteiger charge is -2.12. The van der Waals surface area contributed by atoms with Gasteiger partial charge >= 0.3 is 0 Å². The molecule has 0 radical (unpaired) electrons. The van der Waals surface area contributed by atoms with Gasteiger partial charge in [0, 0.05) is 25.6 Å². The van der Waals surface area contributed by atoms with E-state index in [4.69, 9.17) is 32.4 Å². The molecule has 0 amide bonds. The molecule has 7 heteroatoms. The van der Waals surface area contributed by atoms with Gasteiger partial charge in [-0.05, 0) is 61.0 Å². The molecule has 0 unspecified atom stereocenters. The molecule has 0 saturated carbocycles. The molecule has 4 rings (SSSR count). The molecule has 0 saturated heterocycles. The van der Waals surface area contributed by atoms with Crippen LogP contribution in [0.2, 0.25) is 10.0 Å². The van der Waals surface area contributed by atoms with Crippen molar-refractivity contribution >= 4 is 55.9 Å². The molecule has 0 fully saturated rings. The van der Waals surface area contributed by atoms with Crippen LogP contribution in [-0.2, 0) is 0 Å². The predicted molar refractivity (Wildman–Crippen MR) is 127 cm³/mol. The number of benzene rings is 3. The molecule has 0 aliphatic heterocycles. The van der Waals surface area contributed by atoms with Gasteiger partial charge in [0.15, 0.2) is 18.2 Å². The van der Waals surface area contributed by atoms with E-state index in [1.807, 2.05) is 6.92 Å². The highest BCUT2D eigenvalue weighted by atomic mass is 79.9. The number of carbonyl (C=O) groups excluding carboxylic acids is 1. The summed E-state index contributed by atoms with van der Waals surface area (Å²) < 4.78 is 12.6. The third kappa shape index (κ3) is 4.54. The van der Waals surface area contributed by atoms with E-state index in [1.54, 1.807) is 60.7 Å². The molecule has 4 nitrogen and oxygen atoms in total.